The molecule has 4 rings (SSSR count). The largest absolute Gasteiger partial charge is 0.322 e. The van der Waals surface area contributed by atoms with Crippen molar-refractivity contribution in [2.45, 2.75) is 64.5 Å². The van der Waals surface area contributed by atoms with Gasteiger partial charge >= 0.3 is 0 Å². The number of amides is 3. The molecule has 1 N–H and O–H groups in total. The molecule has 0 aliphatic carbocycles. The fourth-order valence-electron chi connectivity index (χ4n) is 4.44. The number of hydrogen-bond donors (Lipinski definition) is 1. The van der Waals surface area contributed by atoms with Gasteiger partial charge in [0.15, 0.2) is 0 Å². The molecule has 0 aromatic heterocycles. The molecule has 3 amide bonds. The van der Waals surface area contributed by atoms with Crippen molar-refractivity contribution in [2.24, 2.45) is 0 Å². The molecule has 0 bridgehead atoms. The van der Waals surface area contributed by atoms with Crippen LogP contribution in [0.3, 0.4) is 0 Å². The maximum Gasteiger partial charge on any atom is 0.255 e. The second-order valence-electron chi connectivity index (χ2n) is 9.97. The first-order valence-corrected chi connectivity index (χ1v) is 11.5. The standard InChI is InChI=1S/C27H28N2O5/c1-27(2,3)19-8-6-17(7-9-19)24(32)22(30)12-5-16-4-10-20-18(14-16)15-29(26(20)34)21-11-13-23(31)28-25(21)33/h4,6-10,14,21H,5,11-13,15H2,1-3H3,(H,28,31,33). The fraction of sp³-hybridized carbons (Fsp3) is 0.370. The predicted molar refractivity (Wildman–Crippen MR) is 125 cm³/mol. The number of piperidine rings is 1. The van der Waals surface area contributed by atoms with Crippen LogP contribution in [0.1, 0.15) is 77.4 Å². The van der Waals surface area contributed by atoms with Crippen molar-refractivity contribution in [3.05, 3.63) is 70.3 Å². The number of Topliss-reactive ketones (excluding diaryl/α,β-unsaturated/α-hetero) is 2. The number of carbonyl (C=O) groups is 5. The summed E-state index contributed by atoms with van der Waals surface area (Å²) in [6.07, 6.45) is 0.968. The average Bonchev–Trinajstić information content (AvgIpc) is 3.12. The van der Waals surface area contributed by atoms with Gasteiger partial charge < -0.3 is 4.90 Å². The number of nitrogens with one attached hydrogen (secondary N) is 1. The minimum Gasteiger partial charge on any atom is -0.322 e. The highest BCUT2D eigenvalue weighted by molar-refractivity contribution is 6.43. The molecular formula is C27H28N2O5. The Bertz CT molecular complexity index is 1190. The van der Waals surface area contributed by atoms with Crippen molar-refractivity contribution in [1.82, 2.24) is 10.2 Å². The van der Waals surface area contributed by atoms with E-state index < -0.39 is 23.5 Å². The first-order chi connectivity index (χ1) is 16.0. The monoisotopic (exact) mass is 460 g/mol. The van der Waals surface area contributed by atoms with E-state index in [1.165, 1.54) is 4.90 Å². The smallest absolute Gasteiger partial charge is 0.255 e. The van der Waals surface area contributed by atoms with Crippen LogP contribution in [0.15, 0.2) is 42.5 Å². The Balaban J connectivity index is 1.39. The van der Waals surface area contributed by atoms with Gasteiger partial charge in [-0.05, 0) is 41.0 Å². The van der Waals surface area contributed by atoms with Gasteiger partial charge in [0.1, 0.15) is 6.04 Å². The number of aryl methyl sites for hydroxylation is 1. The van der Waals surface area contributed by atoms with E-state index >= 15 is 0 Å². The number of benzene rings is 2. The molecule has 0 spiro atoms. The highest BCUT2D eigenvalue weighted by Gasteiger charge is 2.39. The van der Waals surface area contributed by atoms with E-state index in [0.29, 0.717) is 24.0 Å². The first kappa shape index (κ1) is 23.5. The molecule has 2 aliphatic rings. The van der Waals surface area contributed by atoms with E-state index in [4.69, 9.17) is 0 Å². The van der Waals surface area contributed by atoms with Crippen molar-refractivity contribution in [2.75, 3.05) is 0 Å². The Morgan fingerprint density at radius 3 is 2.38 bits per heavy atom. The van der Waals surface area contributed by atoms with Crippen LogP contribution in [0.25, 0.3) is 0 Å². The van der Waals surface area contributed by atoms with Crippen molar-refractivity contribution < 1.29 is 24.0 Å². The average molecular weight is 461 g/mol. The predicted octanol–water partition coefficient (Wildman–Crippen LogP) is 3.13. The highest BCUT2D eigenvalue weighted by Crippen LogP contribution is 2.28. The minimum atomic E-state index is -0.662. The van der Waals surface area contributed by atoms with Crippen LogP contribution < -0.4 is 5.32 Å². The third-order valence-corrected chi connectivity index (χ3v) is 6.50. The topological polar surface area (TPSA) is 101 Å². The Kier molecular flexibility index (Phi) is 6.21. The lowest BCUT2D eigenvalue weighted by Crippen LogP contribution is -2.52. The number of ketones is 2. The van der Waals surface area contributed by atoms with Gasteiger partial charge in [0, 0.05) is 30.5 Å². The van der Waals surface area contributed by atoms with Crippen LogP contribution >= 0.6 is 0 Å². The van der Waals surface area contributed by atoms with E-state index in [2.05, 4.69) is 26.1 Å². The summed E-state index contributed by atoms with van der Waals surface area (Å²) in [7, 11) is 0. The summed E-state index contributed by atoms with van der Waals surface area (Å²) in [5.74, 6) is -1.96. The summed E-state index contributed by atoms with van der Waals surface area (Å²) in [5.41, 5.74) is 3.60. The van der Waals surface area contributed by atoms with Gasteiger partial charge in [-0.1, -0.05) is 57.2 Å². The molecule has 7 nitrogen and oxygen atoms in total. The summed E-state index contributed by atoms with van der Waals surface area (Å²) >= 11 is 0. The molecule has 1 saturated heterocycles. The third kappa shape index (κ3) is 4.69. The fourth-order valence-corrected chi connectivity index (χ4v) is 4.44. The van der Waals surface area contributed by atoms with Crippen LogP contribution in [-0.4, -0.2) is 40.2 Å². The zero-order chi connectivity index (χ0) is 24.6. The quantitative estimate of drug-likeness (QED) is 0.406. The second kappa shape index (κ2) is 8.97. The molecule has 0 radical (unpaired) electrons. The summed E-state index contributed by atoms with van der Waals surface area (Å²) in [4.78, 5) is 63.0. The molecule has 2 heterocycles. The molecule has 7 heteroatoms. The number of nitrogens with zero attached hydrogens (tertiary/aromatic N) is 1. The molecule has 2 aromatic rings. The van der Waals surface area contributed by atoms with Gasteiger partial charge in [0.05, 0.1) is 0 Å². The van der Waals surface area contributed by atoms with Crippen molar-refractivity contribution >= 4 is 29.3 Å². The summed E-state index contributed by atoms with van der Waals surface area (Å²) in [5, 5.41) is 2.29. The van der Waals surface area contributed by atoms with E-state index in [0.717, 1.165) is 16.7 Å². The van der Waals surface area contributed by atoms with E-state index in [1.807, 2.05) is 18.2 Å². The van der Waals surface area contributed by atoms with Crippen molar-refractivity contribution in [3.63, 3.8) is 0 Å². The molecule has 2 aromatic carbocycles. The number of hydrogen-bond acceptors (Lipinski definition) is 5. The summed E-state index contributed by atoms with van der Waals surface area (Å²) in [6.45, 7) is 6.54. The molecule has 176 valence electrons. The molecule has 2 aliphatic heterocycles. The van der Waals surface area contributed by atoms with E-state index in [-0.39, 0.29) is 36.6 Å². The number of fused-ring (bicyclic) bond motifs is 1. The maximum atomic E-state index is 12.8. The van der Waals surface area contributed by atoms with E-state index in [9.17, 15) is 24.0 Å². The summed E-state index contributed by atoms with van der Waals surface area (Å²) < 4.78 is 0. The van der Waals surface area contributed by atoms with Gasteiger partial charge in [-0.2, -0.15) is 0 Å². The molecule has 1 atom stereocenters. The maximum absolute atomic E-state index is 12.8. The lowest BCUT2D eigenvalue weighted by molar-refractivity contribution is -0.136. The lowest BCUT2D eigenvalue weighted by atomic mass is 9.86. The third-order valence-electron chi connectivity index (χ3n) is 6.50. The zero-order valence-corrected chi connectivity index (χ0v) is 19.6. The SMILES string of the molecule is CC(C)(C)c1ccc(C(=O)C(=O)CCc2ccc3c(c2)CN(C2CCC(=O)NC2=O)C3=O)cc1. The Hall–Kier alpha value is -3.61. The van der Waals surface area contributed by atoms with Crippen LogP contribution in [0, 0.1) is 0 Å². The second-order valence-corrected chi connectivity index (χ2v) is 9.97. The van der Waals surface area contributed by atoms with E-state index in [1.54, 1.807) is 24.3 Å². The first-order valence-electron chi connectivity index (χ1n) is 11.5. The molecule has 1 fully saturated rings. The highest BCUT2D eigenvalue weighted by atomic mass is 16.2. The van der Waals surface area contributed by atoms with Crippen LogP contribution in [0.2, 0.25) is 0 Å². The van der Waals surface area contributed by atoms with Crippen LogP contribution in [0.5, 0.6) is 0 Å². The van der Waals surface area contributed by atoms with Crippen molar-refractivity contribution in [1.29, 1.82) is 0 Å². The van der Waals surface area contributed by atoms with Gasteiger partial charge in [-0.3, -0.25) is 29.3 Å². The van der Waals surface area contributed by atoms with Crippen LogP contribution in [-0.2, 0) is 32.8 Å². The minimum absolute atomic E-state index is 0.0334. The van der Waals surface area contributed by atoms with Gasteiger partial charge in [-0.15, -0.1) is 0 Å². The zero-order valence-electron chi connectivity index (χ0n) is 19.6. The molecular weight excluding hydrogens is 432 g/mol. The molecule has 34 heavy (non-hydrogen) atoms. The summed E-state index contributed by atoms with van der Waals surface area (Å²) in [6, 6.07) is 11.8. The number of rotatable bonds is 6. The Labute approximate surface area is 198 Å². The normalized spacial score (nSPS) is 18.0. The Morgan fingerprint density at radius 1 is 1.03 bits per heavy atom. The van der Waals surface area contributed by atoms with Gasteiger partial charge in [0.2, 0.25) is 23.4 Å². The number of carbonyl (C=O) groups excluding carboxylic acids is 5. The van der Waals surface area contributed by atoms with Crippen LogP contribution in [0.4, 0.5) is 0 Å². The van der Waals surface area contributed by atoms with Crippen molar-refractivity contribution in [3.8, 4) is 0 Å². The van der Waals surface area contributed by atoms with Gasteiger partial charge in [0.25, 0.3) is 5.91 Å². The number of imide groups is 1. The molecule has 0 saturated carbocycles. The lowest BCUT2D eigenvalue weighted by Gasteiger charge is -2.29. The Morgan fingerprint density at radius 2 is 1.74 bits per heavy atom. The van der Waals surface area contributed by atoms with Gasteiger partial charge in [-0.25, -0.2) is 0 Å². The molecule has 1 unspecified atom stereocenters.